The number of pyridine rings is 1. The van der Waals surface area contributed by atoms with Gasteiger partial charge in [-0.3, -0.25) is 9.59 Å². The minimum absolute atomic E-state index is 0.237. The summed E-state index contributed by atoms with van der Waals surface area (Å²) in [5.41, 5.74) is 0.833. The number of aromatic amines is 1. The third kappa shape index (κ3) is 3.71. The number of carbonyl (C=O) groups is 1. The summed E-state index contributed by atoms with van der Waals surface area (Å²) in [4.78, 5) is 25.3. The van der Waals surface area contributed by atoms with Crippen LogP contribution >= 0.6 is 0 Å². The number of amides is 1. The number of carbonyl (C=O) groups excluding carboxylic acids is 1. The van der Waals surface area contributed by atoms with Crippen LogP contribution in [-0.4, -0.2) is 17.5 Å². The van der Waals surface area contributed by atoms with Gasteiger partial charge in [0, 0.05) is 18.0 Å². The molecule has 2 aromatic rings. The molecule has 0 saturated heterocycles. The third-order valence-corrected chi connectivity index (χ3v) is 2.63. The molecule has 5 heteroatoms. The molecule has 20 heavy (non-hydrogen) atoms. The summed E-state index contributed by atoms with van der Waals surface area (Å²) in [6, 6.07) is 9.95. The zero-order valence-corrected chi connectivity index (χ0v) is 11.2. The lowest BCUT2D eigenvalue weighted by atomic mass is 10.2. The maximum atomic E-state index is 11.9. The van der Waals surface area contributed by atoms with Crippen LogP contribution in [0, 0.1) is 0 Å². The maximum Gasteiger partial charge on any atom is 0.257 e. The molecule has 0 spiro atoms. The molecule has 5 nitrogen and oxygen atoms in total. The summed E-state index contributed by atoms with van der Waals surface area (Å²) in [6.45, 7) is 2.71. The fourth-order valence-electron chi connectivity index (χ4n) is 1.61. The molecule has 1 amide bonds. The van der Waals surface area contributed by atoms with Crippen LogP contribution in [0.2, 0.25) is 0 Å². The highest BCUT2D eigenvalue weighted by Crippen LogP contribution is 2.16. The van der Waals surface area contributed by atoms with Crippen LogP contribution in [-0.2, 0) is 0 Å². The van der Waals surface area contributed by atoms with Crippen molar-refractivity contribution < 1.29 is 9.53 Å². The number of nitrogens with one attached hydrogen (secondary N) is 2. The Labute approximate surface area is 116 Å². The van der Waals surface area contributed by atoms with E-state index in [1.165, 1.54) is 18.3 Å². The van der Waals surface area contributed by atoms with Crippen molar-refractivity contribution in [3.05, 3.63) is 58.5 Å². The van der Waals surface area contributed by atoms with E-state index >= 15 is 0 Å². The molecule has 2 N–H and O–H groups in total. The second kappa shape index (κ2) is 6.56. The normalized spacial score (nSPS) is 10.1. The molecule has 1 aromatic carbocycles. The van der Waals surface area contributed by atoms with Gasteiger partial charge in [-0.15, -0.1) is 0 Å². The second-order valence-electron chi connectivity index (χ2n) is 4.27. The van der Waals surface area contributed by atoms with Crippen LogP contribution in [0.25, 0.3) is 0 Å². The van der Waals surface area contributed by atoms with E-state index in [1.807, 2.05) is 6.92 Å². The molecule has 1 heterocycles. The highest BCUT2D eigenvalue weighted by Gasteiger charge is 2.05. The highest BCUT2D eigenvalue weighted by molar-refractivity contribution is 6.04. The monoisotopic (exact) mass is 272 g/mol. The van der Waals surface area contributed by atoms with Crippen LogP contribution in [0.5, 0.6) is 5.75 Å². The molecule has 0 aliphatic rings. The van der Waals surface area contributed by atoms with Gasteiger partial charge in [0.1, 0.15) is 5.75 Å². The zero-order valence-electron chi connectivity index (χ0n) is 11.2. The summed E-state index contributed by atoms with van der Waals surface area (Å²) in [5, 5.41) is 2.74. The summed E-state index contributed by atoms with van der Waals surface area (Å²) >= 11 is 0. The number of hydrogen-bond donors (Lipinski definition) is 2. The van der Waals surface area contributed by atoms with Gasteiger partial charge < -0.3 is 15.0 Å². The van der Waals surface area contributed by atoms with Gasteiger partial charge in [-0.25, -0.2) is 0 Å². The van der Waals surface area contributed by atoms with Crippen LogP contribution in [0.1, 0.15) is 23.7 Å². The van der Waals surface area contributed by atoms with E-state index in [4.69, 9.17) is 4.74 Å². The number of H-pyrrole nitrogens is 1. The van der Waals surface area contributed by atoms with E-state index in [0.717, 1.165) is 12.2 Å². The van der Waals surface area contributed by atoms with Crippen molar-refractivity contribution in [2.75, 3.05) is 11.9 Å². The molecule has 0 bridgehead atoms. The van der Waals surface area contributed by atoms with Gasteiger partial charge in [-0.1, -0.05) is 6.92 Å². The molecule has 0 fully saturated rings. The van der Waals surface area contributed by atoms with Crippen molar-refractivity contribution in [3.63, 3.8) is 0 Å². The SMILES string of the molecule is CCCOc1ccc(NC(=O)c2ccc(=O)[nH]c2)cc1. The lowest BCUT2D eigenvalue weighted by Crippen LogP contribution is -2.14. The Bertz CT molecular complexity index is 612. The number of hydrogen-bond acceptors (Lipinski definition) is 3. The van der Waals surface area contributed by atoms with Gasteiger partial charge in [0.15, 0.2) is 0 Å². The Hall–Kier alpha value is -2.56. The summed E-state index contributed by atoms with van der Waals surface area (Å²) in [7, 11) is 0. The number of aromatic nitrogens is 1. The standard InChI is InChI=1S/C15H16N2O3/c1-2-9-20-13-6-4-12(5-7-13)17-15(19)11-3-8-14(18)16-10-11/h3-8,10H,2,9H2,1H3,(H,16,18)(H,17,19). The van der Waals surface area contributed by atoms with Crippen molar-refractivity contribution in [2.45, 2.75) is 13.3 Å². The van der Waals surface area contributed by atoms with Crippen molar-refractivity contribution in [1.82, 2.24) is 4.98 Å². The topological polar surface area (TPSA) is 71.2 Å². The average molecular weight is 272 g/mol. The van der Waals surface area contributed by atoms with Gasteiger partial charge >= 0.3 is 0 Å². The zero-order chi connectivity index (χ0) is 14.4. The predicted molar refractivity (Wildman–Crippen MR) is 77.2 cm³/mol. The van der Waals surface area contributed by atoms with Gasteiger partial charge in [0.25, 0.3) is 5.91 Å². The van der Waals surface area contributed by atoms with E-state index in [1.54, 1.807) is 24.3 Å². The Morgan fingerprint density at radius 3 is 2.55 bits per heavy atom. The smallest absolute Gasteiger partial charge is 0.257 e. The average Bonchev–Trinajstić information content (AvgIpc) is 2.47. The highest BCUT2D eigenvalue weighted by atomic mass is 16.5. The summed E-state index contributed by atoms with van der Waals surface area (Å²) in [6.07, 6.45) is 2.33. The Balaban J connectivity index is 2.00. The van der Waals surface area contributed by atoms with Crippen molar-refractivity contribution >= 4 is 11.6 Å². The third-order valence-electron chi connectivity index (χ3n) is 2.63. The van der Waals surface area contributed by atoms with Crippen molar-refractivity contribution in [1.29, 1.82) is 0 Å². The number of rotatable bonds is 5. The van der Waals surface area contributed by atoms with Gasteiger partial charge in [0.2, 0.25) is 5.56 Å². The number of benzene rings is 1. The van der Waals surface area contributed by atoms with E-state index in [2.05, 4.69) is 10.3 Å². The quantitative estimate of drug-likeness (QED) is 0.878. The first-order valence-electron chi connectivity index (χ1n) is 6.42. The molecule has 1 aromatic heterocycles. The van der Waals surface area contributed by atoms with E-state index in [0.29, 0.717) is 17.9 Å². The predicted octanol–water partition coefficient (Wildman–Crippen LogP) is 2.42. The number of anilines is 1. The van der Waals surface area contributed by atoms with Crippen molar-refractivity contribution in [2.24, 2.45) is 0 Å². The molecule has 0 saturated carbocycles. The van der Waals surface area contributed by atoms with Crippen LogP contribution < -0.4 is 15.6 Å². The summed E-state index contributed by atoms with van der Waals surface area (Å²) < 4.78 is 5.46. The Morgan fingerprint density at radius 1 is 1.20 bits per heavy atom. The molecule has 2 rings (SSSR count). The lowest BCUT2D eigenvalue weighted by molar-refractivity contribution is 0.102. The molecule has 0 radical (unpaired) electrons. The first-order chi connectivity index (χ1) is 9.69. The van der Waals surface area contributed by atoms with Crippen LogP contribution in [0.3, 0.4) is 0 Å². The molecule has 0 atom stereocenters. The molecule has 0 aliphatic heterocycles. The van der Waals surface area contributed by atoms with E-state index in [9.17, 15) is 9.59 Å². The largest absolute Gasteiger partial charge is 0.494 e. The first-order valence-corrected chi connectivity index (χ1v) is 6.42. The van der Waals surface area contributed by atoms with Gasteiger partial charge in [0.05, 0.1) is 12.2 Å². The Morgan fingerprint density at radius 2 is 1.95 bits per heavy atom. The molecule has 0 unspecified atom stereocenters. The second-order valence-corrected chi connectivity index (χ2v) is 4.27. The number of ether oxygens (including phenoxy) is 1. The summed E-state index contributed by atoms with van der Waals surface area (Å²) in [5.74, 6) is 0.498. The van der Waals surface area contributed by atoms with Gasteiger partial charge in [-0.05, 0) is 36.8 Å². The maximum absolute atomic E-state index is 11.9. The van der Waals surface area contributed by atoms with E-state index in [-0.39, 0.29) is 11.5 Å². The molecular weight excluding hydrogens is 256 g/mol. The minimum Gasteiger partial charge on any atom is -0.494 e. The molecule has 104 valence electrons. The minimum atomic E-state index is -0.275. The Kier molecular flexibility index (Phi) is 4.55. The molecule has 0 aliphatic carbocycles. The van der Waals surface area contributed by atoms with Crippen LogP contribution in [0.15, 0.2) is 47.4 Å². The first kappa shape index (κ1) is 13.9. The lowest BCUT2D eigenvalue weighted by Gasteiger charge is -2.07. The molecular formula is C15H16N2O3. The van der Waals surface area contributed by atoms with Crippen LogP contribution in [0.4, 0.5) is 5.69 Å². The van der Waals surface area contributed by atoms with Gasteiger partial charge in [-0.2, -0.15) is 0 Å². The fraction of sp³-hybridized carbons (Fsp3) is 0.200. The van der Waals surface area contributed by atoms with Crippen molar-refractivity contribution in [3.8, 4) is 5.75 Å². The van der Waals surface area contributed by atoms with E-state index < -0.39 is 0 Å². The fourth-order valence-corrected chi connectivity index (χ4v) is 1.61.